The zero-order valence-electron chi connectivity index (χ0n) is 12.2. The van der Waals surface area contributed by atoms with E-state index in [2.05, 4.69) is 13.0 Å². The lowest BCUT2D eigenvalue weighted by Gasteiger charge is -2.44. The van der Waals surface area contributed by atoms with Gasteiger partial charge in [-0.05, 0) is 51.7 Å². The van der Waals surface area contributed by atoms with Crippen LogP contribution in [0.3, 0.4) is 0 Å². The quantitative estimate of drug-likeness (QED) is 0.888. The molecule has 1 aromatic rings. The van der Waals surface area contributed by atoms with Gasteiger partial charge in [0.2, 0.25) is 0 Å². The van der Waals surface area contributed by atoms with Crippen LogP contribution in [0.4, 0.5) is 0 Å². The second kappa shape index (κ2) is 5.33. The Balaban J connectivity index is 2.32. The molecule has 0 aliphatic carbocycles. The molecule has 2 rings (SSSR count). The molecule has 104 valence electrons. The molecule has 0 aromatic heterocycles. The first kappa shape index (κ1) is 14.1. The van der Waals surface area contributed by atoms with Crippen molar-refractivity contribution in [2.45, 2.75) is 45.6 Å². The summed E-state index contributed by atoms with van der Waals surface area (Å²) >= 11 is 0. The number of hydrogen-bond donors (Lipinski definition) is 1. The van der Waals surface area contributed by atoms with Crippen molar-refractivity contribution in [3.05, 3.63) is 34.9 Å². The van der Waals surface area contributed by atoms with E-state index in [9.17, 15) is 4.79 Å². The second-order valence-electron chi connectivity index (χ2n) is 5.93. The Hall–Kier alpha value is -1.35. The van der Waals surface area contributed by atoms with Gasteiger partial charge in [-0.1, -0.05) is 17.7 Å². The van der Waals surface area contributed by atoms with Crippen LogP contribution >= 0.6 is 0 Å². The molecule has 1 unspecified atom stereocenters. The number of likely N-dealkylation sites (tertiary alicyclic amines) is 1. The van der Waals surface area contributed by atoms with Crippen LogP contribution in [0.15, 0.2) is 18.2 Å². The van der Waals surface area contributed by atoms with Crippen LogP contribution in [0.25, 0.3) is 0 Å². The summed E-state index contributed by atoms with van der Waals surface area (Å²) < 4.78 is 0. The highest BCUT2D eigenvalue weighted by Gasteiger charge is 2.36. The van der Waals surface area contributed by atoms with E-state index >= 15 is 0 Å². The molecule has 0 bridgehead atoms. The predicted molar refractivity (Wildman–Crippen MR) is 78.3 cm³/mol. The molecular weight excluding hydrogens is 236 g/mol. The maximum Gasteiger partial charge on any atom is 0.254 e. The van der Waals surface area contributed by atoms with Crippen molar-refractivity contribution in [1.29, 1.82) is 0 Å². The van der Waals surface area contributed by atoms with E-state index in [-0.39, 0.29) is 11.4 Å². The van der Waals surface area contributed by atoms with E-state index in [0.29, 0.717) is 6.54 Å². The fraction of sp³-hybridized carbons (Fsp3) is 0.562. The van der Waals surface area contributed by atoms with Crippen molar-refractivity contribution < 1.29 is 4.79 Å². The minimum absolute atomic E-state index is 0.130. The highest BCUT2D eigenvalue weighted by atomic mass is 16.2. The summed E-state index contributed by atoms with van der Waals surface area (Å²) in [7, 11) is 0. The molecule has 0 spiro atoms. The Bertz CT molecular complexity index is 484. The van der Waals surface area contributed by atoms with Crippen molar-refractivity contribution in [1.82, 2.24) is 4.90 Å². The summed E-state index contributed by atoms with van der Waals surface area (Å²) in [5, 5.41) is 0. The van der Waals surface area contributed by atoms with Gasteiger partial charge < -0.3 is 10.6 Å². The number of nitrogens with zero attached hydrogens (tertiary/aromatic N) is 1. The van der Waals surface area contributed by atoms with Gasteiger partial charge >= 0.3 is 0 Å². The molecule has 1 aliphatic rings. The fourth-order valence-corrected chi connectivity index (χ4v) is 2.94. The summed E-state index contributed by atoms with van der Waals surface area (Å²) in [5.74, 6) is 0.130. The van der Waals surface area contributed by atoms with E-state index < -0.39 is 0 Å². The van der Waals surface area contributed by atoms with E-state index in [0.717, 1.165) is 36.9 Å². The molecule has 1 aliphatic heterocycles. The molecule has 1 heterocycles. The largest absolute Gasteiger partial charge is 0.332 e. The molecule has 3 nitrogen and oxygen atoms in total. The number of benzene rings is 1. The predicted octanol–water partition coefficient (Wildman–Crippen LogP) is 2.65. The highest BCUT2D eigenvalue weighted by molar-refractivity contribution is 5.96. The Kier molecular flexibility index (Phi) is 3.95. The third-order valence-electron chi connectivity index (χ3n) is 4.30. The number of amides is 1. The van der Waals surface area contributed by atoms with Crippen molar-refractivity contribution in [3.63, 3.8) is 0 Å². The van der Waals surface area contributed by atoms with Gasteiger partial charge in [-0.3, -0.25) is 4.79 Å². The van der Waals surface area contributed by atoms with Gasteiger partial charge in [0.25, 0.3) is 5.91 Å². The Morgan fingerprint density at radius 3 is 2.74 bits per heavy atom. The Morgan fingerprint density at radius 2 is 2.11 bits per heavy atom. The number of piperidine rings is 1. The Labute approximate surface area is 115 Å². The number of carbonyl (C=O) groups excluding carboxylic acids is 1. The van der Waals surface area contributed by atoms with Crippen molar-refractivity contribution >= 4 is 5.91 Å². The molecule has 1 aromatic carbocycles. The lowest BCUT2D eigenvalue weighted by Crippen LogP contribution is -2.56. The van der Waals surface area contributed by atoms with Crippen LogP contribution in [0.1, 0.15) is 47.7 Å². The van der Waals surface area contributed by atoms with Crippen LogP contribution < -0.4 is 5.73 Å². The molecule has 19 heavy (non-hydrogen) atoms. The summed E-state index contributed by atoms with van der Waals surface area (Å²) in [5.41, 5.74) is 8.78. The van der Waals surface area contributed by atoms with Gasteiger partial charge in [0.15, 0.2) is 0 Å². The summed E-state index contributed by atoms with van der Waals surface area (Å²) in [4.78, 5) is 14.8. The lowest BCUT2D eigenvalue weighted by atomic mass is 9.87. The fourth-order valence-electron chi connectivity index (χ4n) is 2.94. The topological polar surface area (TPSA) is 46.3 Å². The molecule has 1 fully saturated rings. The average Bonchev–Trinajstić information content (AvgIpc) is 2.38. The maximum absolute atomic E-state index is 12.8. The van der Waals surface area contributed by atoms with Gasteiger partial charge in [0.1, 0.15) is 0 Å². The molecule has 1 atom stereocenters. The first-order valence-electron chi connectivity index (χ1n) is 7.07. The minimum atomic E-state index is -0.188. The van der Waals surface area contributed by atoms with E-state index in [4.69, 9.17) is 5.73 Å². The van der Waals surface area contributed by atoms with Gasteiger partial charge in [-0.2, -0.15) is 0 Å². The first-order valence-corrected chi connectivity index (χ1v) is 7.07. The molecule has 0 radical (unpaired) electrons. The second-order valence-corrected chi connectivity index (χ2v) is 5.93. The van der Waals surface area contributed by atoms with Gasteiger partial charge in [-0.25, -0.2) is 0 Å². The summed E-state index contributed by atoms with van der Waals surface area (Å²) in [6, 6.07) is 6.01. The molecule has 0 saturated carbocycles. The normalized spacial score (nSPS) is 23.5. The van der Waals surface area contributed by atoms with Gasteiger partial charge in [0, 0.05) is 18.7 Å². The van der Waals surface area contributed by atoms with Crippen molar-refractivity contribution in [2.24, 2.45) is 5.73 Å². The third kappa shape index (κ3) is 2.66. The molecule has 1 saturated heterocycles. The minimum Gasteiger partial charge on any atom is -0.332 e. The van der Waals surface area contributed by atoms with Crippen LogP contribution in [-0.4, -0.2) is 29.4 Å². The summed E-state index contributed by atoms with van der Waals surface area (Å²) in [6.07, 6.45) is 3.23. The van der Waals surface area contributed by atoms with Gasteiger partial charge in [0.05, 0.1) is 5.54 Å². The number of hydrogen-bond acceptors (Lipinski definition) is 2. The maximum atomic E-state index is 12.8. The Morgan fingerprint density at radius 1 is 1.37 bits per heavy atom. The number of rotatable bonds is 2. The zero-order valence-corrected chi connectivity index (χ0v) is 12.2. The smallest absolute Gasteiger partial charge is 0.254 e. The highest BCUT2D eigenvalue weighted by Crippen LogP contribution is 2.29. The number of aryl methyl sites for hydroxylation is 2. The van der Waals surface area contributed by atoms with Crippen LogP contribution in [0, 0.1) is 13.8 Å². The van der Waals surface area contributed by atoms with Crippen molar-refractivity contribution in [2.75, 3.05) is 13.1 Å². The zero-order chi connectivity index (χ0) is 14.0. The lowest BCUT2D eigenvalue weighted by molar-refractivity contribution is 0.0402. The number of carbonyl (C=O) groups is 1. The van der Waals surface area contributed by atoms with Crippen LogP contribution in [-0.2, 0) is 0 Å². The first-order chi connectivity index (χ1) is 8.98. The third-order valence-corrected chi connectivity index (χ3v) is 4.30. The molecule has 1 amide bonds. The SMILES string of the molecule is Cc1ccc(C(=O)N2CCCCC2(C)CN)c(C)c1. The van der Waals surface area contributed by atoms with E-state index in [1.54, 1.807) is 0 Å². The van der Waals surface area contributed by atoms with Crippen LogP contribution in [0.5, 0.6) is 0 Å². The van der Waals surface area contributed by atoms with Gasteiger partial charge in [-0.15, -0.1) is 0 Å². The average molecular weight is 260 g/mol. The summed E-state index contributed by atoms with van der Waals surface area (Å²) in [6.45, 7) is 7.51. The molecular formula is C16H24N2O. The standard InChI is InChI=1S/C16H24N2O/c1-12-6-7-14(13(2)10-12)15(19)18-9-5-4-8-16(18,3)11-17/h6-7,10H,4-5,8-9,11,17H2,1-3H3. The monoisotopic (exact) mass is 260 g/mol. The number of nitrogens with two attached hydrogens (primary N) is 1. The molecule has 2 N–H and O–H groups in total. The van der Waals surface area contributed by atoms with E-state index in [1.807, 2.05) is 30.9 Å². The van der Waals surface area contributed by atoms with E-state index in [1.165, 1.54) is 5.56 Å². The van der Waals surface area contributed by atoms with Crippen molar-refractivity contribution in [3.8, 4) is 0 Å². The van der Waals surface area contributed by atoms with Crippen LogP contribution in [0.2, 0.25) is 0 Å². The molecule has 3 heteroatoms.